The van der Waals surface area contributed by atoms with Gasteiger partial charge >= 0.3 is 6.09 Å². The molecule has 1 aromatic carbocycles. The van der Waals surface area contributed by atoms with Crippen molar-refractivity contribution >= 4 is 39.2 Å². The summed E-state index contributed by atoms with van der Waals surface area (Å²) in [7, 11) is 0. The number of amides is 1. The van der Waals surface area contributed by atoms with Crippen LogP contribution < -0.4 is 10.6 Å². The molecule has 0 saturated heterocycles. The Morgan fingerprint density at radius 3 is 2.67 bits per heavy atom. The number of benzene rings is 1. The number of nitrogens with one attached hydrogen (secondary N) is 2. The molecule has 2 N–H and O–H groups in total. The smallest absolute Gasteiger partial charge is 0.411 e. The summed E-state index contributed by atoms with van der Waals surface area (Å²) >= 11 is 3.46. The molecule has 0 aliphatic carbocycles. The summed E-state index contributed by atoms with van der Waals surface area (Å²) in [6.45, 7) is 4.11. The highest BCUT2D eigenvalue weighted by Crippen LogP contribution is 2.22. The van der Waals surface area contributed by atoms with Crippen LogP contribution in [0.5, 0.6) is 0 Å². The van der Waals surface area contributed by atoms with Crippen molar-refractivity contribution < 1.29 is 9.53 Å². The molecule has 110 valence electrons. The van der Waals surface area contributed by atoms with Gasteiger partial charge in [0, 0.05) is 10.2 Å². The quantitative estimate of drug-likeness (QED) is 0.854. The number of aryl methyl sites for hydroxylation is 1. The van der Waals surface area contributed by atoms with E-state index < -0.39 is 6.09 Å². The normalized spacial score (nSPS) is 10.0. The number of rotatable bonds is 4. The maximum Gasteiger partial charge on any atom is 0.411 e. The Balaban J connectivity index is 2.01. The van der Waals surface area contributed by atoms with E-state index in [-0.39, 0.29) is 0 Å². The van der Waals surface area contributed by atoms with Gasteiger partial charge < -0.3 is 10.1 Å². The van der Waals surface area contributed by atoms with Gasteiger partial charge in [0.2, 0.25) is 0 Å². The molecular formula is C15H16BrN3O2. The summed E-state index contributed by atoms with van der Waals surface area (Å²) < 4.78 is 5.86. The van der Waals surface area contributed by atoms with E-state index in [9.17, 15) is 4.79 Å². The van der Waals surface area contributed by atoms with Gasteiger partial charge in [-0.2, -0.15) is 0 Å². The highest BCUT2D eigenvalue weighted by molar-refractivity contribution is 9.10. The maximum absolute atomic E-state index is 11.3. The van der Waals surface area contributed by atoms with Crippen molar-refractivity contribution in [2.45, 2.75) is 13.8 Å². The number of hydrogen-bond donors (Lipinski definition) is 2. The van der Waals surface area contributed by atoms with Gasteiger partial charge in [0.15, 0.2) is 0 Å². The zero-order chi connectivity index (χ0) is 15.2. The molecule has 0 unspecified atom stereocenters. The zero-order valence-corrected chi connectivity index (χ0v) is 13.4. The van der Waals surface area contributed by atoms with E-state index in [0.29, 0.717) is 18.1 Å². The van der Waals surface area contributed by atoms with E-state index in [0.717, 1.165) is 15.7 Å². The summed E-state index contributed by atoms with van der Waals surface area (Å²) in [5, 5.41) is 5.79. The molecule has 1 heterocycles. The van der Waals surface area contributed by atoms with E-state index in [2.05, 4.69) is 31.5 Å². The lowest BCUT2D eigenvalue weighted by Crippen LogP contribution is -2.13. The van der Waals surface area contributed by atoms with Gasteiger partial charge in [0.05, 0.1) is 18.5 Å². The summed E-state index contributed by atoms with van der Waals surface area (Å²) in [6, 6.07) is 9.52. The second-order valence-electron chi connectivity index (χ2n) is 4.37. The van der Waals surface area contributed by atoms with Crippen LogP contribution in [-0.2, 0) is 4.74 Å². The van der Waals surface area contributed by atoms with Gasteiger partial charge in [-0.05, 0) is 49.7 Å². The van der Waals surface area contributed by atoms with Crippen molar-refractivity contribution in [2.24, 2.45) is 0 Å². The third-order valence-electron chi connectivity index (χ3n) is 2.72. The lowest BCUT2D eigenvalue weighted by atomic mass is 10.2. The molecule has 0 saturated carbocycles. The molecule has 5 nitrogen and oxygen atoms in total. The number of nitrogens with zero attached hydrogens (tertiary/aromatic N) is 1. The van der Waals surface area contributed by atoms with Gasteiger partial charge in [-0.3, -0.25) is 5.32 Å². The van der Waals surface area contributed by atoms with Crippen molar-refractivity contribution in [2.75, 3.05) is 17.2 Å². The maximum atomic E-state index is 11.3. The number of hydrogen-bond acceptors (Lipinski definition) is 4. The molecule has 2 aromatic rings. The van der Waals surface area contributed by atoms with Crippen molar-refractivity contribution in [3.8, 4) is 0 Å². The number of ether oxygens (including phenoxy) is 1. The Kier molecular flexibility index (Phi) is 5.16. The number of aromatic nitrogens is 1. The first kappa shape index (κ1) is 15.3. The molecule has 0 spiro atoms. The summed E-state index contributed by atoms with van der Waals surface area (Å²) in [5.74, 6) is 0.700. The fourth-order valence-electron chi connectivity index (χ4n) is 1.70. The van der Waals surface area contributed by atoms with E-state index in [1.165, 1.54) is 0 Å². The fourth-order valence-corrected chi connectivity index (χ4v) is 1.94. The second kappa shape index (κ2) is 7.08. The largest absolute Gasteiger partial charge is 0.450 e. The van der Waals surface area contributed by atoms with E-state index in [1.54, 1.807) is 25.3 Å². The van der Waals surface area contributed by atoms with Crippen LogP contribution in [0.1, 0.15) is 12.5 Å². The van der Waals surface area contributed by atoms with Crippen LogP contribution in [-0.4, -0.2) is 17.7 Å². The van der Waals surface area contributed by atoms with Gasteiger partial charge in [0.25, 0.3) is 0 Å². The first-order valence-electron chi connectivity index (χ1n) is 6.51. The van der Waals surface area contributed by atoms with Crippen LogP contribution in [0.2, 0.25) is 0 Å². The second-order valence-corrected chi connectivity index (χ2v) is 5.22. The summed E-state index contributed by atoms with van der Waals surface area (Å²) in [4.78, 5) is 15.5. The summed E-state index contributed by atoms with van der Waals surface area (Å²) in [5.41, 5.74) is 2.68. The molecule has 0 aliphatic rings. The molecule has 0 aliphatic heterocycles. The average Bonchev–Trinajstić information content (AvgIpc) is 2.45. The van der Waals surface area contributed by atoms with E-state index >= 15 is 0 Å². The standard InChI is InChI=1S/C15H16BrN3O2/c1-3-21-15(20)19-12-5-7-14(17-9-12)18-11-4-6-13(16)10(2)8-11/h4-9H,3H2,1-2H3,(H,17,18)(H,19,20). The van der Waals surface area contributed by atoms with Crippen LogP contribution in [0, 0.1) is 6.92 Å². The van der Waals surface area contributed by atoms with Crippen LogP contribution in [0.3, 0.4) is 0 Å². The van der Waals surface area contributed by atoms with Crippen LogP contribution in [0.15, 0.2) is 41.0 Å². The topological polar surface area (TPSA) is 63.2 Å². The first-order valence-corrected chi connectivity index (χ1v) is 7.31. The Bertz CT molecular complexity index is 629. The van der Waals surface area contributed by atoms with Crippen LogP contribution in [0.25, 0.3) is 0 Å². The van der Waals surface area contributed by atoms with Gasteiger partial charge in [0.1, 0.15) is 5.82 Å². The molecule has 0 atom stereocenters. The summed E-state index contributed by atoms with van der Waals surface area (Å²) in [6.07, 6.45) is 1.09. The molecule has 0 bridgehead atoms. The zero-order valence-electron chi connectivity index (χ0n) is 11.8. The molecular weight excluding hydrogens is 334 g/mol. The highest BCUT2D eigenvalue weighted by atomic mass is 79.9. The van der Waals surface area contributed by atoms with Crippen molar-refractivity contribution in [3.05, 3.63) is 46.6 Å². The first-order chi connectivity index (χ1) is 10.1. The van der Waals surface area contributed by atoms with Crippen LogP contribution in [0.4, 0.5) is 22.0 Å². The third kappa shape index (κ3) is 4.46. The molecule has 2 rings (SSSR count). The highest BCUT2D eigenvalue weighted by Gasteiger charge is 2.03. The Morgan fingerprint density at radius 1 is 1.29 bits per heavy atom. The van der Waals surface area contributed by atoms with Gasteiger partial charge in [-0.25, -0.2) is 9.78 Å². The minimum Gasteiger partial charge on any atom is -0.450 e. The number of halogens is 1. The van der Waals surface area contributed by atoms with Crippen molar-refractivity contribution in [1.82, 2.24) is 4.98 Å². The Hall–Kier alpha value is -2.08. The molecule has 21 heavy (non-hydrogen) atoms. The SMILES string of the molecule is CCOC(=O)Nc1ccc(Nc2ccc(Br)c(C)c2)nc1. The lowest BCUT2D eigenvalue weighted by Gasteiger charge is -2.09. The number of anilines is 3. The average molecular weight is 350 g/mol. The predicted molar refractivity (Wildman–Crippen MR) is 87.0 cm³/mol. The fraction of sp³-hybridized carbons (Fsp3) is 0.200. The van der Waals surface area contributed by atoms with Crippen molar-refractivity contribution in [1.29, 1.82) is 0 Å². The number of carbonyl (C=O) groups excluding carboxylic acids is 1. The lowest BCUT2D eigenvalue weighted by molar-refractivity contribution is 0.168. The van der Waals surface area contributed by atoms with Crippen LogP contribution >= 0.6 is 15.9 Å². The molecule has 1 amide bonds. The minimum absolute atomic E-state index is 0.335. The third-order valence-corrected chi connectivity index (χ3v) is 3.61. The van der Waals surface area contributed by atoms with Gasteiger partial charge in [-0.1, -0.05) is 15.9 Å². The Labute approximate surface area is 131 Å². The number of pyridine rings is 1. The van der Waals surface area contributed by atoms with E-state index in [4.69, 9.17) is 4.74 Å². The van der Waals surface area contributed by atoms with E-state index in [1.807, 2.05) is 25.1 Å². The molecule has 0 fully saturated rings. The molecule has 0 radical (unpaired) electrons. The minimum atomic E-state index is -0.483. The number of carbonyl (C=O) groups is 1. The molecule has 1 aromatic heterocycles. The Morgan fingerprint density at radius 2 is 2.05 bits per heavy atom. The van der Waals surface area contributed by atoms with Gasteiger partial charge in [-0.15, -0.1) is 0 Å². The van der Waals surface area contributed by atoms with Crippen molar-refractivity contribution in [3.63, 3.8) is 0 Å². The monoisotopic (exact) mass is 349 g/mol. The molecule has 6 heteroatoms. The predicted octanol–water partition coefficient (Wildman–Crippen LogP) is 4.46.